The van der Waals surface area contributed by atoms with Gasteiger partial charge in [0, 0.05) is 37.3 Å². The molecule has 4 atom stereocenters. The summed E-state index contributed by atoms with van der Waals surface area (Å²) in [5.41, 5.74) is -0.665. The summed E-state index contributed by atoms with van der Waals surface area (Å²) >= 11 is 0. The predicted octanol–water partition coefficient (Wildman–Crippen LogP) is 1.14. The van der Waals surface area contributed by atoms with Crippen LogP contribution in [0.4, 0.5) is 0 Å². The Labute approximate surface area is 127 Å². The minimum Gasteiger partial charge on any atom is -0.480 e. The van der Waals surface area contributed by atoms with Crippen LogP contribution in [-0.2, 0) is 4.79 Å². The summed E-state index contributed by atoms with van der Waals surface area (Å²) in [4.78, 5) is 16.8. The Morgan fingerprint density at radius 3 is 2.33 bits per heavy atom. The van der Waals surface area contributed by atoms with Crippen molar-refractivity contribution in [3.63, 3.8) is 0 Å². The molecule has 4 unspecified atom stereocenters. The fraction of sp³-hybridized carbons (Fsp3) is 0.938. The average Bonchev–Trinajstić information content (AvgIpc) is 3.12. The van der Waals surface area contributed by atoms with Crippen LogP contribution < -0.4 is 5.32 Å². The average molecular weight is 295 g/mol. The van der Waals surface area contributed by atoms with Crippen molar-refractivity contribution >= 4 is 5.97 Å². The Hall–Kier alpha value is -0.650. The SMILES string of the molecule is CC1CN(C2CCC(NC3CC3)(C(=O)O)C2)CC(C)N1C. The van der Waals surface area contributed by atoms with E-state index in [0.29, 0.717) is 24.2 Å². The van der Waals surface area contributed by atoms with E-state index in [2.05, 4.69) is 36.0 Å². The van der Waals surface area contributed by atoms with Crippen molar-refractivity contribution in [1.29, 1.82) is 0 Å². The number of piperazine rings is 1. The molecule has 0 spiro atoms. The molecule has 2 saturated carbocycles. The van der Waals surface area contributed by atoms with E-state index in [0.717, 1.165) is 45.2 Å². The van der Waals surface area contributed by atoms with Crippen molar-refractivity contribution in [2.45, 2.75) is 75.7 Å². The summed E-state index contributed by atoms with van der Waals surface area (Å²) < 4.78 is 0. The molecule has 5 heteroatoms. The third kappa shape index (κ3) is 2.96. The van der Waals surface area contributed by atoms with E-state index in [-0.39, 0.29) is 0 Å². The highest BCUT2D eigenvalue weighted by Crippen LogP contribution is 2.37. The first-order valence-electron chi connectivity index (χ1n) is 8.38. The molecule has 0 amide bonds. The summed E-state index contributed by atoms with van der Waals surface area (Å²) in [6, 6.07) is 1.96. The summed E-state index contributed by atoms with van der Waals surface area (Å²) in [6.45, 7) is 6.66. The Kier molecular flexibility index (Phi) is 4.01. The minimum atomic E-state index is -0.665. The van der Waals surface area contributed by atoms with Gasteiger partial charge in [0.1, 0.15) is 5.54 Å². The normalized spacial score (nSPS) is 42.3. The quantitative estimate of drug-likeness (QED) is 0.814. The smallest absolute Gasteiger partial charge is 0.323 e. The zero-order valence-electron chi connectivity index (χ0n) is 13.5. The van der Waals surface area contributed by atoms with Crippen LogP contribution in [0.5, 0.6) is 0 Å². The Bertz CT molecular complexity index is 400. The molecule has 1 saturated heterocycles. The molecule has 0 aromatic carbocycles. The number of nitrogens with zero attached hydrogens (tertiary/aromatic N) is 2. The van der Waals surface area contributed by atoms with E-state index in [9.17, 15) is 9.90 Å². The maximum absolute atomic E-state index is 11.8. The second-order valence-electron chi connectivity index (χ2n) is 7.52. The van der Waals surface area contributed by atoms with Crippen molar-refractivity contribution in [2.24, 2.45) is 0 Å². The molecule has 0 bridgehead atoms. The van der Waals surface area contributed by atoms with E-state index >= 15 is 0 Å². The lowest BCUT2D eigenvalue weighted by Crippen LogP contribution is -2.58. The van der Waals surface area contributed by atoms with E-state index in [1.54, 1.807) is 0 Å². The highest BCUT2D eigenvalue weighted by Gasteiger charge is 2.50. The number of rotatable bonds is 4. The fourth-order valence-electron chi connectivity index (χ4n) is 4.08. The van der Waals surface area contributed by atoms with Crippen LogP contribution in [0.3, 0.4) is 0 Å². The fourth-order valence-corrected chi connectivity index (χ4v) is 4.08. The highest BCUT2D eigenvalue weighted by atomic mass is 16.4. The number of hydrogen-bond donors (Lipinski definition) is 2. The van der Waals surface area contributed by atoms with Crippen molar-refractivity contribution in [1.82, 2.24) is 15.1 Å². The standard InChI is InChI=1S/C16H29N3O2/c1-11-9-19(10-12(2)18(11)3)14-6-7-16(8-14,15(20)21)17-13-4-5-13/h11-14,17H,4-10H2,1-3H3,(H,20,21). The van der Waals surface area contributed by atoms with Crippen LogP contribution >= 0.6 is 0 Å². The van der Waals surface area contributed by atoms with Crippen molar-refractivity contribution in [3.8, 4) is 0 Å². The number of carbonyl (C=O) groups is 1. The lowest BCUT2D eigenvalue weighted by Gasteiger charge is -2.45. The third-order valence-electron chi connectivity index (χ3n) is 5.86. The van der Waals surface area contributed by atoms with Crippen LogP contribution in [-0.4, -0.2) is 70.7 Å². The molecule has 5 nitrogen and oxygen atoms in total. The Balaban J connectivity index is 1.66. The number of hydrogen-bond acceptors (Lipinski definition) is 4. The van der Waals surface area contributed by atoms with E-state index < -0.39 is 11.5 Å². The molecule has 2 aliphatic carbocycles. The van der Waals surface area contributed by atoms with Gasteiger partial charge in [-0.3, -0.25) is 19.9 Å². The molecule has 3 fully saturated rings. The molecule has 3 aliphatic rings. The molecule has 120 valence electrons. The Morgan fingerprint density at radius 2 is 1.81 bits per heavy atom. The van der Waals surface area contributed by atoms with Crippen molar-refractivity contribution in [3.05, 3.63) is 0 Å². The van der Waals surface area contributed by atoms with Crippen LogP contribution in [0.25, 0.3) is 0 Å². The molecule has 1 heterocycles. The molecule has 21 heavy (non-hydrogen) atoms. The largest absolute Gasteiger partial charge is 0.480 e. The first-order valence-corrected chi connectivity index (χ1v) is 8.38. The van der Waals surface area contributed by atoms with Crippen LogP contribution in [0.15, 0.2) is 0 Å². The van der Waals surface area contributed by atoms with Gasteiger partial charge < -0.3 is 5.11 Å². The number of carboxylic acids is 1. The second kappa shape index (κ2) is 5.52. The lowest BCUT2D eigenvalue weighted by atomic mass is 9.96. The summed E-state index contributed by atoms with van der Waals surface area (Å²) in [6.07, 6.45) is 4.83. The van der Waals surface area contributed by atoms with Gasteiger partial charge in [0.25, 0.3) is 0 Å². The highest BCUT2D eigenvalue weighted by molar-refractivity contribution is 5.79. The van der Waals surface area contributed by atoms with Gasteiger partial charge in [-0.25, -0.2) is 0 Å². The summed E-state index contributed by atoms with van der Waals surface area (Å²) in [5, 5.41) is 13.1. The minimum absolute atomic E-state index is 0.422. The third-order valence-corrected chi connectivity index (χ3v) is 5.86. The van der Waals surface area contributed by atoms with Crippen LogP contribution in [0.2, 0.25) is 0 Å². The number of likely N-dealkylation sites (N-methyl/N-ethyl adjacent to an activating group) is 1. The molecule has 2 N–H and O–H groups in total. The molecule has 0 aromatic rings. The van der Waals surface area contributed by atoms with Gasteiger partial charge in [0.05, 0.1) is 0 Å². The molecule has 0 radical (unpaired) electrons. The van der Waals surface area contributed by atoms with Crippen LogP contribution in [0.1, 0.15) is 46.0 Å². The lowest BCUT2D eigenvalue weighted by molar-refractivity contribution is -0.145. The molecular formula is C16H29N3O2. The van der Waals surface area contributed by atoms with Crippen molar-refractivity contribution < 1.29 is 9.90 Å². The number of carboxylic acid groups (broad SMARTS) is 1. The molecular weight excluding hydrogens is 266 g/mol. The zero-order valence-corrected chi connectivity index (χ0v) is 13.5. The van der Waals surface area contributed by atoms with Gasteiger partial charge in [0.15, 0.2) is 0 Å². The first-order chi connectivity index (χ1) is 9.91. The molecule has 1 aliphatic heterocycles. The number of aliphatic carboxylic acids is 1. The molecule has 3 rings (SSSR count). The van der Waals surface area contributed by atoms with Gasteiger partial charge >= 0.3 is 5.97 Å². The van der Waals surface area contributed by atoms with E-state index in [1.807, 2.05) is 0 Å². The topological polar surface area (TPSA) is 55.8 Å². The van der Waals surface area contributed by atoms with Crippen molar-refractivity contribution in [2.75, 3.05) is 20.1 Å². The molecule has 0 aromatic heterocycles. The Morgan fingerprint density at radius 1 is 1.19 bits per heavy atom. The number of nitrogens with one attached hydrogen (secondary N) is 1. The summed E-state index contributed by atoms with van der Waals surface area (Å²) in [5.74, 6) is -0.646. The van der Waals surface area contributed by atoms with Gasteiger partial charge in [-0.2, -0.15) is 0 Å². The van der Waals surface area contributed by atoms with Gasteiger partial charge in [-0.05, 0) is 53.0 Å². The maximum Gasteiger partial charge on any atom is 0.323 e. The van der Waals surface area contributed by atoms with Gasteiger partial charge in [0.2, 0.25) is 0 Å². The van der Waals surface area contributed by atoms with E-state index in [4.69, 9.17) is 0 Å². The monoisotopic (exact) mass is 295 g/mol. The zero-order chi connectivity index (χ0) is 15.2. The summed E-state index contributed by atoms with van der Waals surface area (Å²) in [7, 11) is 2.19. The maximum atomic E-state index is 11.8. The van der Waals surface area contributed by atoms with Gasteiger partial charge in [-0.15, -0.1) is 0 Å². The second-order valence-corrected chi connectivity index (χ2v) is 7.52. The first kappa shape index (κ1) is 15.3. The van der Waals surface area contributed by atoms with E-state index in [1.165, 1.54) is 0 Å². The predicted molar refractivity (Wildman–Crippen MR) is 82.4 cm³/mol. The van der Waals surface area contributed by atoms with Gasteiger partial charge in [-0.1, -0.05) is 0 Å². The van der Waals surface area contributed by atoms with Crippen LogP contribution in [0, 0.1) is 0 Å².